The SMILES string of the molecule is Cc1cc(C)cc(OC(=O)c2ccc(NC3=C(Cl)C(=O)N(c4ccc(C(=O)OC(C)C)cc4)C3=O)cc2)c1. The largest absolute Gasteiger partial charge is 0.459 e. The molecule has 0 saturated carbocycles. The van der Waals surface area contributed by atoms with Crippen LogP contribution in [0.15, 0.2) is 77.5 Å². The molecular weight excluding hydrogens is 508 g/mol. The Balaban J connectivity index is 1.45. The molecule has 0 fully saturated rings. The second kappa shape index (κ2) is 10.9. The zero-order valence-electron chi connectivity index (χ0n) is 21.2. The lowest BCUT2D eigenvalue weighted by molar-refractivity contribution is -0.120. The van der Waals surface area contributed by atoms with E-state index < -0.39 is 23.8 Å². The molecule has 194 valence electrons. The fraction of sp³-hybridized carbons (Fsp3) is 0.172. The molecule has 0 radical (unpaired) electrons. The van der Waals surface area contributed by atoms with E-state index in [2.05, 4.69) is 5.32 Å². The maximum atomic E-state index is 13.1. The minimum atomic E-state index is -0.703. The Bertz CT molecular complexity index is 1440. The highest BCUT2D eigenvalue weighted by molar-refractivity contribution is 6.53. The van der Waals surface area contributed by atoms with Crippen molar-refractivity contribution in [3.8, 4) is 5.75 Å². The number of rotatable bonds is 7. The summed E-state index contributed by atoms with van der Waals surface area (Å²) in [4.78, 5) is 51.4. The summed E-state index contributed by atoms with van der Waals surface area (Å²) in [5.74, 6) is -1.95. The van der Waals surface area contributed by atoms with Gasteiger partial charge in [0, 0.05) is 5.69 Å². The molecule has 8 nitrogen and oxygen atoms in total. The summed E-state index contributed by atoms with van der Waals surface area (Å²) >= 11 is 6.21. The second-order valence-corrected chi connectivity index (χ2v) is 9.43. The van der Waals surface area contributed by atoms with Gasteiger partial charge in [0.25, 0.3) is 11.8 Å². The van der Waals surface area contributed by atoms with Crippen LogP contribution in [0.5, 0.6) is 5.75 Å². The molecule has 9 heteroatoms. The van der Waals surface area contributed by atoms with Crippen LogP contribution in [0.25, 0.3) is 0 Å². The van der Waals surface area contributed by atoms with Gasteiger partial charge in [0.2, 0.25) is 0 Å². The van der Waals surface area contributed by atoms with Gasteiger partial charge in [-0.05, 0) is 99.5 Å². The number of carbonyl (C=O) groups excluding carboxylic acids is 4. The summed E-state index contributed by atoms with van der Waals surface area (Å²) < 4.78 is 10.6. The van der Waals surface area contributed by atoms with Crippen LogP contribution >= 0.6 is 11.6 Å². The molecule has 0 atom stereocenters. The van der Waals surface area contributed by atoms with E-state index in [0.717, 1.165) is 16.0 Å². The molecule has 0 saturated heterocycles. The van der Waals surface area contributed by atoms with E-state index in [1.54, 1.807) is 38.1 Å². The highest BCUT2D eigenvalue weighted by Crippen LogP contribution is 2.30. The summed E-state index contributed by atoms with van der Waals surface area (Å²) in [5.41, 5.74) is 3.14. The zero-order valence-corrected chi connectivity index (χ0v) is 22.0. The summed E-state index contributed by atoms with van der Waals surface area (Å²) in [6.07, 6.45) is -0.280. The molecule has 1 N–H and O–H groups in total. The van der Waals surface area contributed by atoms with E-state index in [1.165, 1.54) is 36.4 Å². The Morgan fingerprint density at radius 2 is 1.37 bits per heavy atom. The third-order valence-electron chi connectivity index (χ3n) is 5.53. The third kappa shape index (κ3) is 5.76. The Hall–Kier alpha value is -4.43. The number of ether oxygens (including phenoxy) is 2. The van der Waals surface area contributed by atoms with Gasteiger partial charge in [0.15, 0.2) is 0 Å². The smallest absolute Gasteiger partial charge is 0.343 e. The molecule has 3 aromatic carbocycles. The molecule has 2 amide bonds. The fourth-order valence-corrected chi connectivity index (χ4v) is 4.08. The zero-order chi connectivity index (χ0) is 27.6. The molecular formula is C29H25ClN2O6. The standard InChI is InChI=1S/C29H25ClN2O6/c1-16(2)37-28(35)20-7-11-22(12-8-20)32-26(33)24(30)25(27(32)34)31-21-9-5-19(6-10-21)29(36)38-23-14-17(3)13-18(4)15-23/h5-16,31H,1-4H3. The fourth-order valence-electron chi connectivity index (χ4n) is 3.87. The lowest BCUT2D eigenvalue weighted by Gasteiger charge is -2.16. The van der Waals surface area contributed by atoms with E-state index in [0.29, 0.717) is 17.0 Å². The van der Waals surface area contributed by atoms with Crippen molar-refractivity contribution >= 4 is 46.7 Å². The van der Waals surface area contributed by atoms with E-state index in [4.69, 9.17) is 21.1 Å². The van der Waals surface area contributed by atoms with E-state index in [-0.39, 0.29) is 28.1 Å². The molecule has 0 bridgehead atoms. The quantitative estimate of drug-likeness (QED) is 0.243. The first kappa shape index (κ1) is 26.6. The lowest BCUT2D eigenvalue weighted by Crippen LogP contribution is -2.32. The first-order chi connectivity index (χ1) is 18.0. The van der Waals surface area contributed by atoms with Crippen LogP contribution in [0, 0.1) is 13.8 Å². The summed E-state index contributed by atoms with van der Waals surface area (Å²) in [5, 5.41) is 2.58. The number of esters is 2. The number of imide groups is 1. The Morgan fingerprint density at radius 1 is 0.816 bits per heavy atom. The van der Waals surface area contributed by atoms with Crippen LogP contribution in [0.3, 0.4) is 0 Å². The molecule has 0 aromatic heterocycles. The number of amides is 2. The lowest BCUT2D eigenvalue weighted by atomic mass is 10.1. The van der Waals surface area contributed by atoms with Gasteiger partial charge in [-0.2, -0.15) is 0 Å². The van der Waals surface area contributed by atoms with Gasteiger partial charge in [0.1, 0.15) is 16.5 Å². The molecule has 4 rings (SSSR count). The average Bonchev–Trinajstić information content (AvgIpc) is 3.06. The molecule has 1 heterocycles. The van der Waals surface area contributed by atoms with Gasteiger partial charge < -0.3 is 14.8 Å². The molecule has 1 aliphatic rings. The highest BCUT2D eigenvalue weighted by Gasteiger charge is 2.39. The minimum Gasteiger partial charge on any atom is -0.459 e. The maximum absolute atomic E-state index is 13.1. The number of carbonyl (C=O) groups is 4. The monoisotopic (exact) mass is 532 g/mol. The molecule has 0 aliphatic carbocycles. The first-order valence-corrected chi connectivity index (χ1v) is 12.2. The van der Waals surface area contributed by atoms with Crippen LogP contribution in [-0.4, -0.2) is 29.9 Å². The number of benzene rings is 3. The van der Waals surface area contributed by atoms with Crippen molar-refractivity contribution in [3.63, 3.8) is 0 Å². The van der Waals surface area contributed by atoms with Crippen LogP contribution in [-0.2, 0) is 14.3 Å². The number of aryl methyl sites for hydroxylation is 2. The first-order valence-electron chi connectivity index (χ1n) is 11.8. The normalized spacial score (nSPS) is 13.3. The maximum Gasteiger partial charge on any atom is 0.343 e. The Kier molecular flexibility index (Phi) is 7.64. The van der Waals surface area contributed by atoms with Crippen molar-refractivity contribution < 1.29 is 28.7 Å². The third-order valence-corrected chi connectivity index (χ3v) is 5.88. The van der Waals surface area contributed by atoms with Crippen molar-refractivity contribution in [2.24, 2.45) is 0 Å². The number of hydrogen-bond donors (Lipinski definition) is 1. The summed E-state index contributed by atoms with van der Waals surface area (Å²) in [6.45, 7) is 7.31. The van der Waals surface area contributed by atoms with Gasteiger partial charge in [-0.1, -0.05) is 17.7 Å². The van der Waals surface area contributed by atoms with Crippen LogP contribution in [0.1, 0.15) is 45.7 Å². The summed E-state index contributed by atoms with van der Waals surface area (Å²) in [6, 6.07) is 17.6. The Labute approximate surface area is 224 Å². The molecule has 0 spiro atoms. The van der Waals surface area contributed by atoms with Gasteiger partial charge >= 0.3 is 11.9 Å². The van der Waals surface area contributed by atoms with Crippen molar-refractivity contribution in [1.29, 1.82) is 0 Å². The van der Waals surface area contributed by atoms with Gasteiger partial charge in [-0.15, -0.1) is 0 Å². The van der Waals surface area contributed by atoms with E-state index in [1.807, 2.05) is 19.9 Å². The summed E-state index contributed by atoms with van der Waals surface area (Å²) in [7, 11) is 0. The van der Waals surface area contributed by atoms with E-state index in [9.17, 15) is 19.2 Å². The Morgan fingerprint density at radius 3 is 1.95 bits per heavy atom. The number of hydrogen-bond acceptors (Lipinski definition) is 7. The van der Waals surface area contributed by atoms with E-state index >= 15 is 0 Å². The topological polar surface area (TPSA) is 102 Å². The number of nitrogens with zero attached hydrogens (tertiary/aromatic N) is 1. The minimum absolute atomic E-state index is 0.106. The van der Waals surface area contributed by atoms with Crippen LogP contribution < -0.4 is 15.0 Å². The van der Waals surface area contributed by atoms with Crippen molar-refractivity contribution in [1.82, 2.24) is 0 Å². The molecule has 1 aliphatic heterocycles. The van der Waals surface area contributed by atoms with Gasteiger partial charge in [0.05, 0.1) is 22.9 Å². The van der Waals surface area contributed by atoms with Crippen molar-refractivity contribution in [2.45, 2.75) is 33.8 Å². The molecule has 38 heavy (non-hydrogen) atoms. The average molecular weight is 533 g/mol. The second-order valence-electron chi connectivity index (χ2n) is 9.05. The van der Waals surface area contributed by atoms with Crippen molar-refractivity contribution in [3.05, 3.63) is 99.7 Å². The molecule has 3 aromatic rings. The predicted molar refractivity (Wildman–Crippen MR) is 143 cm³/mol. The van der Waals surface area contributed by atoms with Gasteiger partial charge in [-0.3, -0.25) is 9.59 Å². The predicted octanol–water partition coefficient (Wildman–Crippen LogP) is 5.52. The van der Waals surface area contributed by atoms with Crippen LogP contribution in [0.2, 0.25) is 0 Å². The highest BCUT2D eigenvalue weighted by atomic mass is 35.5. The molecule has 0 unspecified atom stereocenters. The number of anilines is 2. The van der Waals surface area contributed by atoms with Gasteiger partial charge in [-0.25, -0.2) is 14.5 Å². The van der Waals surface area contributed by atoms with Crippen molar-refractivity contribution in [2.75, 3.05) is 10.2 Å². The van der Waals surface area contributed by atoms with Crippen LogP contribution in [0.4, 0.5) is 11.4 Å². The number of nitrogens with one attached hydrogen (secondary N) is 1. The number of halogens is 1.